The van der Waals surface area contributed by atoms with E-state index in [1.165, 1.54) is 14.2 Å². The minimum absolute atomic E-state index is 0.186. The van der Waals surface area contributed by atoms with Crippen LogP contribution in [0.2, 0.25) is 0 Å². The monoisotopic (exact) mass is 287 g/mol. The Morgan fingerprint density at radius 2 is 2.13 bits per heavy atom. The van der Waals surface area contributed by atoms with Crippen molar-refractivity contribution in [2.45, 2.75) is 33.2 Å². The van der Waals surface area contributed by atoms with E-state index in [-0.39, 0.29) is 5.54 Å². The molecule has 0 spiro atoms. The van der Waals surface area contributed by atoms with E-state index in [1.807, 2.05) is 0 Å². The van der Waals surface area contributed by atoms with Gasteiger partial charge in [-0.1, -0.05) is 5.57 Å². The number of thiophene rings is 1. The number of nitrogens with one attached hydrogen (secondary N) is 1. The van der Waals surface area contributed by atoms with Gasteiger partial charge < -0.3 is 5.32 Å². The van der Waals surface area contributed by atoms with Crippen LogP contribution >= 0.6 is 27.3 Å². The van der Waals surface area contributed by atoms with E-state index in [9.17, 15) is 0 Å². The van der Waals surface area contributed by atoms with Gasteiger partial charge in [0.25, 0.3) is 0 Å². The number of hydrogen-bond donors (Lipinski definition) is 1. The van der Waals surface area contributed by atoms with E-state index < -0.39 is 0 Å². The van der Waals surface area contributed by atoms with Crippen LogP contribution in [0.1, 0.15) is 32.6 Å². The van der Waals surface area contributed by atoms with Crippen molar-refractivity contribution in [2.75, 3.05) is 6.54 Å². The molecular weight excluding hydrogens is 270 g/mol. The molecule has 0 radical (unpaired) electrons. The highest BCUT2D eigenvalue weighted by Gasteiger charge is 2.07. The summed E-state index contributed by atoms with van der Waals surface area (Å²) >= 11 is 5.23. The summed E-state index contributed by atoms with van der Waals surface area (Å²) in [6.45, 7) is 9.65. The van der Waals surface area contributed by atoms with Crippen LogP contribution < -0.4 is 5.32 Å². The second-order valence-electron chi connectivity index (χ2n) is 4.74. The van der Waals surface area contributed by atoms with Crippen molar-refractivity contribution in [1.82, 2.24) is 5.32 Å². The molecule has 1 nitrogen and oxygen atoms in total. The molecule has 0 unspecified atom stereocenters. The molecule has 1 aromatic heterocycles. The molecule has 1 heterocycles. The van der Waals surface area contributed by atoms with E-state index in [0.29, 0.717) is 0 Å². The summed E-state index contributed by atoms with van der Waals surface area (Å²) in [5, 5.41) is 3.47. The summed E-state index contributed by atoms with van der Waals surface area (Å²) in [6.07, 6.45) is 2.23. The normalized spacial score (nSPS) is 13.3. The first-order valence-corrected chi connectivity index (χ1v) is 6.65. The molecule has 0 aliphatic carbocycles. The maximum absolute atomic E-state index is 3.47. The summed E-state index contributed by atoms with van der Waals surface area (Å²) < 4.78 is 1.19. The van der Waals surface area contributed by atoms with Gasteiger partial charge in [0.05, 0.1) is 3.79 Å². The average Bonchev–Trinajstić information content (AvgIpc) is 2.47. The fourth-order valence-electron chi connectivity index (χ4n) is 1.10. The number of halogens is 1. The Morgan fingerprint density at radius 1 is 1.47 bits per heavy atom. The van der Waals surface area contributed by atoms with Crippen LogP contribution in [-0.2, 0) is 0 Å². The highest BCUT2D eigenvalue weighted by atomic mass is 79.9. The Labute approximate surface area is 105 Å². The van der Waals surface area contributed by atoms with Crippen LogP contribution in [-0.4, -0.2) is 12.1 Å². The Hall–Kier alpha value is -0.120. The van der Waals surface area contributed by atoms with E-state index >= 15 is 0 Å². The van der Waals surface area contributed by atoms with Crippen molar-refractivity contribution in [3.8, 4) is 0 Å². The molecule has 1 aromatic rings. The zero-order chi connectivity index (χ0) is 11.5. The standard InChI is InChI=1S/C12H18BrNS/c1-9(8-14-12(2,3)4)7-10-5-6-11(13)15-10/h5-7,14H,8H2,1-4H3. The fraction of sp³-hybridized carbons (Fsp3) is 0.500. The second-order valence-corrected chi connectivity index (χ2v) is 7.23. The first kappa shape index (κ1) is 12.9. The van der Waals surface area contributed by atoms with Gasteiger partial charge in [-0.2, -0.15) is 0 Å². The lowest BCUT2D eigenvalue weighted by Gasteiger charge is -2.20. The van der Waals surface area contributed by atoms with Crippen LogP contribution in [0, 0.1) is 0 Å². The van der Waals surface area contributed by atoms with Gasteiger partial charge in [0.2, 0.25) is 0 Å². The van der Waals surface area contributed by atoms with Crippen molar-refractivity contribution in [1.29, 1.82) is 0 Å². The molecule has 0 fully saturated rings. The zero-order valence-corrected chi connectivity index (χ0v) is 12.1. The fourth-order valence-corrected chi connectivity index (χ4v) is 2.55. The van der Waals surface area contributed by atoms with Crippen LogP contribution in [0.5, 0.6) is 0 Å². The molecule has 0 aliphatic rings. The summed E-state index contributed by atoms with van der Waals surface area (Å²) in [6, 6.07) is 4.22. The van der Waals surface area contributed by atoms with Gasteiger partial charge in [-0.05, 0) is 61.8 Å². The van der Waals surface area contributed by atoms with Crippen molar-refractivity contribution >= 4 is 33.3 Å². The minimum atomic E-state index is 0.186. The Bertz CT molecular complexity index is 347. The van der Waals surface area contributed by atoms with Gasteiger partial charge in [0.15, 0.2) is 0 Å². The van der Waals surface area contributed by atoms with E-state index in [0.717, 1.165) is 6.54 Å². The van der Waals surface area contributed by atoms with Gasteiger partial charge >= 0.3 is 0 Å². The van der Waals surface area contributed by atoms with Gasteiger partial charge in [-0.3, -0.25) is 0 Å². The first-order chi connectivity index (χ1) is 6.87. The van der Waals surface area contributed by atoms with Crippen molar-refractivity contribution < 1.29 is 0 Å². The molecule has 0 atom stereocenters. The molecule has 3 heteroatoms. The van der Waals surface area contributed by atoms with E-state index in [1.54, 1.807) is 11.3 Å². The molecule has 1 N–H and O–H groups in total. The second kappa shape index (κ2) is 5.28. The predicted molar refractivity (Wildman–Crippen MR) is 73.4 cm³/mol. The lowest BCUT2D eigenvalue weighted by atomic mass is 10.1. The van der Waals surface area contributed by atoms with E-state index in [2.05, 4.69) is 67.2 Å². The van der Waals surface area contributed by atoms with Crippen LogP contribution in [0.15, 0.2) is 21.5 Å². The smallest absolute Gasteiger partial charge is 0.0704 e. The van der Waals surface area contributed by atoms with E-state index in [4.69, 9.17) is 0 Å². The molecule has 0 amide bonds. The number of rotatable bonds is 3. The molecule has 0 bridgehead atoms. The summed E-state index contributed by atoms with van der Waals surface area (Å²) in [5.41, 5.74) is 1.55. The Morgan fingerprint density at radius 3 is 2.60 bits per heavy atom. The lowest BCUT2D eigenvalue weighted by Crippen LogP contribution is -2.36. The summed E-state index contributed by atoms with van der Waals surface area (Å²) in [5.74, 6) is 0. The van der Waals surface area contributed by atoms with Gasteiger partial charge in [0, 0.05) is 17.0 Å². The van der Waals surface area contributed by atoms with Crippen molar-refractivity contribution in [3.63, 3.8) is 0 Å². The Kier molecular flexibility index (Phi) is 4.56. The van der Waals surface area contributed by atoms with Gasteiger partial charge in [-0.15, -0.1) is 11.3 Å². The average molecular weight is 288 g/mol. The SMILES string of the molecule is CC(=Cc1ccc(Br)s1)CNC(C)(C)C. The van der Waals surface area contributed by atoms with Crippen molar-refractivity contribution in [2.24, 2.45) is 0 Å². The molecule has 15 heavy (non-hydrogen) atoms. The molecule has 1 rings (SSSR count). The third-order valence-electron chi connectivity index (χ3n) is 1.88. The highest BCUT2D eigenvalue weighted by Crippen LogP contribution is 2.23. The molecule has 84 valence electrons. The minimum Gasteiger partial charge on any atom is -0.308 e. The molecule has 0 aliphatic heterocycles. The van der Waals surface area contributed by atoms with Crippen LogP contribution in [0.25, 0.3) is 6.08 Å². The van der Waals surface area contributed by atoms with Gasteiger partial charge in [-0.25, -0.2) is 0 Å². The molecule has 0 saturated carbocycles. The Balaban J connectivity index is 2.53. The third kappa shape index (κ3) is 5.50. The van der Waals surface area contributed by atoms with Crippen LogP contribution in [0.3, 0.4) is 0 Å². The maximum atomic E-state index is 3.47. The number of hydrogen-bond acceptors (Lipinski definition) is 2. The summed E-state index contributed by atoms with van der Waals surface area (Å²) in [7, 11) is 0. The predicted octanol–water partition coefficient (Wildman–Crippen LogP) is 4.30. The zero-order valence-electron chi connectivity index (χ0n) is 9.73. The van der Waals surface area contributed by atoms with Crippen LogP contribution in [0.4, 0.5) is 0 Å². The first-order valence-electron chi connectivity index (χ1n) is 5.04. The highest BCUT2D eigenvalue weighted by molar-refractivity contribution is 9.11. The maximum Gasteiger partial charge on any atom is 0.0704 e. The molecule has 0 aromatic carbocycles. The molecular formula is C12H18BrNS. The lowest BCUT2D eigenvalue weighted by molar-refractivity contribution is 0.445. The quantitative estimate of drug-likeness (QED) is 0.874. The summed E-state index contributed by atoms with van der Waals surface area (Å²) in [4.78, 5) is 1.30. The van der Waals surface area contributed by atoms with Gasteiger partial charge in [0.1, 0.15) is 0 Å². The van der Waals surface area contributed by atoms with Crippen molar-refractivity contribution in [3.05, 3.63) is 26.4 Å². The largest absolute Gasteiger partial charge is 0.308 e. The topological polar surface area (TPSA) is 12.0 Å². The molecule has 0 saturated heterocycles. The third-order valence-corrected chi connectivity index (χ3v) is 3.45.